The van der Waals surface area contributed by atoms with Crippen LogP contribution in [0.25, 0.3) is 0 Å². The number of rotatable bonds is 5. The van der Waals surface area contributed by atoms with Gasteiger partial charge in [0.2, 0.25) is 11.2 Å². The van der Waals surface area contributed by atoms with Crippen LogP contribution in [0.4, 0.5) is 5.82 Å². The standard InChI is InChI=1S/C13H18BrClN4O/c1-2-6-16-12(20)8-4-3-5-10(8)18-11-9(14)7-17-13(15)19-11/h7-8,10H,2-6H2,1H3,(H,16,20)(H,17,18,19)/t8-,10+/m0/s1. The minimum absolute atomic E-state index is 0.0119. The molecule has 2 atom stereocenters. The number of hydrogen-bond acceptors (Lipinski definition) is 4. The quantitative estimate of drug-likeness (QED) is 0.791. The van der Waals surface area contributed by atoms with E-state index in [1.807, 2.05) is 6.92 Å². The maximum Gasteiger partial charge on any atom is 0.225 e. The first-order chi connectivity index (χ1) is 9.61. The van der Waals surface area contributed by atoms with E-state index in [-0.39, 0.29) is 23.2 Å². The highest BCUT2D eigenvalue weighted by Crippen LogP contribution is 2.30. The molecule has 2 rings (SSSR count). The van der Waals surface area contributed by atoms with Gasteiger partial charge in [-0.3, -0.25) is 4.79 Å². The van der Waals surface area contributed by atoms with E-state index in [9.17, 15) is 4.79 Å². The van der Waals surface area contributed by atoms with Gasteiger partial charge in [0, 0.05) is 18.8 Å². The van der Waals surface area contributed by atoms with Gasteiger partial charge in [0.25, 0.3) is 0 Å². The molecule has 0 saturated heterocycles. The van der Waals surface area contributed by atoms with Crippen LogP contribution >= 0.6 is 27.5 Å². The fourth-order valence-corrected chi connectivity index (χ4v) is 2.89. The summed E-state index contributed by atoms with van der Waals surface area (Å²) < 4.78 is 0.751. The van der Waals surface area contributed by atoms with Gasteiger partial charge in [-0.2, -0.15) is 4.98 Å². The van der Waals surface area contributed by atoms with Crippen LogP contribution in [0.3, 0.4) is 0 Å². The average Bonchev–Trinajstić information content (AvgIpc) is 2.88. The number of nitrogens with zero attached hydrogens (tertiary/aromatic N) is 2. The second kappa shape index (κ2) is 7.22. The van der Waals surface area contributed by atoms with Crippen molar-refractivity contribution in [2.75, 3.05) is 11.9 Å². The van der Waals surface area contributed by atoms with Crippen molar-refractivity contribution in [2.24, 2.45) is 5.92 Å². The number of carbonyl (C=O) groups is 1. The Balaban J connectivity index is 2.04. The van der Waals surface area contributed by atoms with E-state index in [1.165, 1.54) is 0 Å². The monoisotopic (exact) mass is 360 g/mol. The SMILES string of the molecule is CCCNC(=O)[C@H]1CCC[C@H]1Nc1nc(Cl)ncc1Br. The Bertz CT molecular complexity index is 485. The van der Waals surface area contributed by atoms with Gasteiger partial charge in [-0.15, -0.1) is 0 Å². The molecule has 1 aromatic rings. The Morgan fingerprint density at radius 1 is 1.55 bits per heavy atom. The molecule has 0 aromatic carbocycles. The first-order valence-corrected chi connectivity index (χ1v) is 8.01. The zero-order chi connectivity index (χ0) is 14.5. The van der Waals surface area contributed by atoms with Crippen LogP contribution in [-0.2, 0) is 4.79 Å². The lowest BCUT2D eigenvalue weighted by Gasteiger charge is -2.21. The zero-order valence-corrected chi connectivity index (χ0v) is 13.7. The Morgan fingerprint density at radius 3 is 3.10 bits per heavy atom. The summed E-state index contributed by atoms with van der Waals surface area (Å²) in [7, 11) is 0. The Morgan fingerprint density at radius 2 is 2.35 bits per heavy atom. The summed E-state index contributed by atoms with van der Waals surface area (Å²) in [6.45, 7) is 2.77. The van der Waals surface area contributed by atoms with Crippen LogP contribution in [-0.4, -0.2) is 28.5 Å². The number of aromatic nitrogens is 2. The second-order valence-electron chi connectivity index (χ2n) is 4.91. The molecule has 0 radical (unpaired) electrons. The number of carbonyl (C=O) groups excluding carboxylic acids is 1. The van der Waals surface area contributed by atoms with Crippen molar-refractivity contribution in [1.82, 2.24) is 15.3 Å². The van der Waals surface area contributed by atoms with Crippen molar-refractivity contribution in [3.8, 4) is 0 Å². The fourth-order valence-electron chi connectivity index (χ4n) is 2.45. The predicted octanol–water partition coefficient (Wildman–Crippen LogP) is 3.00. The van der Waals surface area contributed by atoms with Gasteiger partial charge in [0.1, 0.15) is 5.82 Å². The van der Waals surface area contributed by atoms with Gasteiger partial charge >= 0.3 is 0 Å². The van der Waals surface area contributed by atoms with Crippen molar-refractivity contribution in [3.05, 3.63) is 16.0 Å². The molecule has 1 aliphatic rings. The van der Waals surface area contributed by atoms with Crippen LogP contribution in [0.2, 0.25) is 5.28 Å². The molecule has 1 saturated carbocycles. The van der Waals surface area contributed by atoms with Gasteiger partial charge in [-0.25, -0.2) is 4.98 Å². The number of amides is 1. The first-order valence-electron chi connectivity index (χ1n) is 6.84. The van der Waals surface area contributed by atoms with E-state index in [0.29, 0.717) is 5.82 Å². The van der Waals surface area contributed by atoms with Crippen LogP contribution in [0.5, 0.6) is 0 Å². The Kier molecular flexibility index (Phi) is 5.60. The van der Waals surface area contributed by atoms with Crippen molar-refractivity contribution in [1.29, 1.82) is 0 Å². The van der Waals surface area contributed by atoms with E-state index >= 15 is 0 Å². The number of halogens is 2. The van der Waals surface area contributed by atoms with Crippen molar-refractivity contribution >= 4 is 39.3 Å². The summed E-state index contributed by atoms with van der Waals surface area (Å²) in [6.07, 6.45) is 5.46. The van der Waals surface area contributed by atoms with Crippen LogP contribution in [0.15, 0.2) is 10.7 Å². The largest absolute Gasteiger partial charge is 0.365 e. The van der Waals surface area contributed by atoms with Gasteiger partial charge in [0.15, 0.2) is 0 Å². The highest BCUT2D eigenvalue weighted by Gasteiger charge is 2.33. The molecule has 1 heterocycles. The molecule has 1 amide bonds. The Labute approximate surface area is 132 Å². The minimum atomic E-state index is -0.0119. The third-order valence-electron chi connectivity index (χ3n) is 3.44. The summed E-state index contributed by atoms with van der Waals surface area (Å²) in [4.78, 5) is 20.2. The normalized spacial score (nSPS) is 21.8. The molecule has 0 unspecified atom stereocenters. The maximum absolute atomic E-state index is 12.1. The first kappa shape index (κ1) is 15.5. The van der Waals surface area contributed by atoms with E-state index in [2.05, 4.69) is 36.5 Å². The van der Waals surface area contributed by atoms with Gasteiger partial charge < -0.3 is 10.6 Å². The number of nitrogens with one attached hydrogen (secondary N) is 2. The molecule has 1 aromatic heterocycles. The van der Waals surface area contributed by atoms with Crippen LogP contribution < -0.4 is 10.6 Å². The van der Waals surface area contributed by atoms with E-state index in [4.69, 9.17) is 11.6 Å². The minimum Gasteiger partial charge on any atom is -0.365 e. The molecule has 110 valence electrons. The maximum atomic E-state index is 12.1. The fraction of sp³-hybridized carbons (Fsp3) is 0.615. The number of anilines is 1. The van der Waals surface area contributed by atoms with E-state index in [0.717, 1.165) is 36.7 Å². The number of hydrogen-bond donors (Lipinski definition) is 2. The molecule has 0 aliphatic heterocycles. The molecule has 0 spiro atoms. The predicted molar refractivity (Wildman–Crippen MR) is 82.8 cm³/mol. The lowest BCUT2D eigenvalue weighted by Crippen LogP contribution is -2.38. The molecular weight excluding hydrogens is 344 g/mol. The van der Waals surface area contributed by atoms with E-state index in [1.54, 1.807) is 6.20 Å². The summed E-state index contributed by atoms with van der Waals surface area (Å²) in [5.74, 6) is 0.755. The Hall–Kier alpha value is -0.880. The molecule has 20 heavy (non-hydrogen) atoms. The molecule has 7 heteroatoms. The summed E-state index contributed by atoms with van der Waals surface area (Å²) in [5.41, 5.74) is 0. The van der Waals surface area contributed by atoms with Gasteiger partial charge in [-0.1, -0.05) is 13.3 Å². The molecule has 1 fully saturated rings. The molecule has 0 bridgehead atoms. The smallest absolute Gasteiger partial charge is 0.225 e. The summed E-state index contributed by atoms with van der Waals surface area (Å²) >= 11 is 9.20. The molecule has 2 N–H and O–H groups in total. The van der Waals surface area contributed by atoms with Crippen molar-refractivity contribution < 1.29 is 4.79 Å². The van der Waals surface area contributed by atoms with Gasteiger partial charge in [0.05, 0.1) is 10.4 Å². The lowest BCUT2D eigenvalue weighted by molar-refractivity contribution is -0.124. The molecular formula is C13H18BrClN4O. The van der Waals surface area contributed by atoms with E-state index < -0.39 is 0 Å². The third-order valence-corrected chi connectivity index (χ3v) is 4.20. The molecule has 5 nitrogen and oxygen atoms in total. The lowest BCUT2D eigenvalue weighted by atomic mass is 10.0. The average molecular weight is 362 g/mol. The zero-order valence-electron chi connectivity index (χ0n) is 11.3. The van der Waals surface area contributed by atoms with Crippen LogP contribution in [0, 0.1) is 5.92 Å². The van der Waals surface area contributed by atoms with Gasteiger partial charge in [-0.05, 0) is 46.8 Å². The highest BCUT2D eigenvalue weighted by atomic mass is 79.9. The second-order valence-corrected chi connectivity index (χ2v) is 6.11. The molecule has 1 aliphatic carbocycles. The highest BCUT2D eigenvalue weighted by molar-refractivity contribution is 9.10. The van der Waals surface area contributed by atoms with Crippen LogP contribution in [0.1, 0.15) is 32.6 Å². The van der Waals surface area contributed by atoms with Crippen molar-refractivity contribution in [2.45, 2.75) is 38.6 Å². The third kappa shape index (κ3) is 3.82. The summed E-state index contributed by atoms with van der Waals surface area (Å²) in [5, 5.41) is 6.48. The summed E-state index contributed by atoms with van der Waals surface area (Å²) in [6, 6.07) is 0.0918. The topological polar surface area (TPSA) is 66.9 Å². The van der Waals surface area contributed by atoms with Crippen molar-refractivity contribution in [3.63, 3.8) is 0 Å².